The first-order valence-corrected chi connectivity index (χ1v) is 5.04. The van der Waals surface area contributed by atoms with Crippen LogP contribution in [0.15, 0.2) is 24.3 Å². The molecule has 0 bridgehead atoms. The SMILES string of the molecule is O=C1CCC(=O)n2c1cc1cc(F)ccc12. The van der Waals surface area contributed by atoms with E-state index >= 15 is 0 Å². The molecule has 80 valence electrons. The van der Waals surface area contributed by atoms with Gasteiger partial charge < -0.3 is 0 Å². The number of rotatable bonds is 0. The summed E-state index contributed by atoms with van der Waals surface area (Å²) in [5.41, 5.74) is 0.978. The van der Waals surface area contributed by atoms with Gasteiger partial charge in [-0.3, -0.25) is 14.2 Å². The van der Waals surface area contributed by atoms with Gasteiger partial charge in [-0.05, 0) is 24.3 Å². The van der Waals surface area contributed by atoms with Gasteiger partial charge in [0.2, 0.25) is 5.91 Å². The van der Waals surface area contributed by atoms with Crippen molar-refractivity contribution in [2.75, 3.05) is 0 Å². The summed E-state index contributed by atoms with van der Waals surface area (Å²) in [4.78, 5) is 23.3. The molecular weight excluding hydrogens is 209 g/mol. The molecule has 0 amide bonds. The van der Waals surface area contributed by atoms with Crippen LogP contribution in [0.4, 0.5) is 4.39 Å². The van der Waals surface area contributed by atoms with E-state index in [1.54, 1.807) is 6.07 Å². The number of carbonyl (C=O) groups excluding carboxylic acids is 2. The predicted molar refractivity (Wildman–Crippen MR) is 56.1 cm³/mol. The number of benzene rings is 1. The van der Waals surface area contributed by atoms with Crippen molar-refractivity contribution in [2.45, 2.75) is 12.8 Å². The van der Waals surface area contributed by atoms with E-state index in [-0.39, 0.29) is 30.3 Å². The van der Waals surface area contributed by atoms with Crippen LogP contribution in [0.2, 0.25) is 0 Å². The van der Waals surface area contributed by atoms with Crippen LogP contribution in [0.3, 0.4) is 0 Å². The standard InChI is InChI=1S/C12H8FNO2/c13-8-1-2-9-7(5-8)6-10-11(15)3-4-12(16)14(9)10/h1-2,5-6H,3-4H2. The summed E-state index contributed by atoms with van der Waals surface area (Å²) in [7, 11) is 0. The fraction of sp³-hybridized carbons (Fsp3) is 0.167. The van der Waals surface area contributed by atoms with Crippen LogP contribution < -0.4 is 0 Å². The van der Waals surface area contributed by atoms with Crippen molar-refractivity contribution in [3.63, 3.8) is 0 Å². The zero-order valence-corrected chi connectivity index (χ0v) is 8.37. The number of nitrogens with zero attached hydrogens (tertiary/aromatic N) is 1. The van der Waals surface area contributed by atoms with E-state index in [9.17, 15) is 14.0 Å². The van der Waals surface area contributed by atoms with Gasteiger partial charge in [0.05, 0.1) is 11.2 Å². The van der Waals surface area contributed by atoms with E-state index in [4.69, 9.17) is 0 Å². The fourth-order valence-electron chi connectivity index (χ4n) is 2.12. The lowest BCUT2D eigenvalue weighted by molar-refractivity contribution is 0.0821. The third-order valence-corrected chi connectivity index (χ3v) is 2.86. The smallest absolute Gasteiger partial charge is 0.232 e. The maximum absolute atomic E-state index is 13.0. The highest BCUT2D eigenvalue weighted by Gasteiger charge is 2.25. The van der Waals surface area contributed by atoms with Crippen molar-refractivity contribution in [3.8, 4) is 0 Å². The summed E-state index contributed by atoms with van der Waals surface area (Å²) < 4.78 is 14.4. The van der Waals surface area contributed by atoms with Gasteiger partial charge in [0, 0.05) is 18.2 Å². The zero-order valence-electron chi connectivity index (χ0n) is 8.37. The first kappa shape index (κ1) is 9.27. The van der Waals surface area contributed by atoms with E-state index in [2.05, 4.69) is 0 Å². The minimum absolute atomic E-state index is 0.0591. The van der Waals surface area contributed by atoms with Crippen LogP contribution >= 0.6 is 0 Å². The summed E-state index contributed by atoms with van der Waals surface area (Å²) >= 11 is 0. The van der Waals surface area contributed by atoms with Crippen LogP contribution in [-0.2, 0) is 0 Å². The van der Waals surface area contributed by atoms with E-state index in [1.165, 1.54) is 22.8 Å². The van der Waals surface area contributed by atoms with Crippen LogP contribution in [0.5, 0.6) is 0 Å². The Balaban J connectivity index is 2.41. The molecule has 0 saturated heterocycles. The Morgan fingerprint density at radius 3 is 2.75 bits per heavy atom. The molecule has 4 heteroatoms. The van der Waals surface area contributed by atoms with Crippen molar-refractivity contribution in [1.82, 2.24) is 4.57 Å². The quantitative estimate of drug-likeness (QED) is 0.679. The van der Waals surface area contributed by atoms with E-state index in [0.29, 0.717) is 16.6 Å². The molecule has 2 aromatic rings. The Bertz CT molecular complexity index is 627. The van der Waals surface area contributed by atoms with Gasteiger partial charge in [-0.25, -0.2) is 4.39 Å². The topological polar surface area (TPSA) is 39.1 Å². The summed E-state index contributed by atoms with van der Waals surface area (Å²) in [6, 6.07) is 5.74. The highest BCUT2D eigenvalue weighted by atomic mass is 19.1. The Labute approximate surface area is 90.5 Å². The molecule has 0 unspecified atom stereocenters. The predicted octanol–water partition coefficient (Wildman–Crippen LogP) is 2.40. The number of hydrogen-bond donors (Lipinski definition) is 0. The minimum atomic E-state index is -0.365. The van der Waals surface area contributed by atoms with Crippen molar-refractivity contribution in [3.05, 3.63) is 35.8 Å². The first-order valence-electron chi connectivity index (χ1n) is 5.04. The molecule has 0 aliphatic carbocycles. The number of aromatic nitrogens is 1. The number of ketones is 1. The lowest BCUT2D eigenvalue weighted by Gasteiger charge is -2.12. The summed E-state index contributed by atoms with van der Waals surface area (Å²) in [5, 5.41) is 0.596. The number of hydrogen-bond acceptors (Lipinski definition) is 2. The van der Waals surface area contributed by atoms with Crippen molar-refractivity contribution in [2.24, 2.45) is 0 Å². The molecule has 2 heterocycles. The molecular formula is C12H8FNO2. The van der Waals surface area contributed by atoms with E-state index < -0.39 is 0 Å². The van der Waals surface area contributed by atoms with Crippen LogP contribution in [0.1, 0.15) is 28.1 Å². The second-order valence-electron chi connectivity index (χ2n) is 3.89. The van der Waals surface area contributed by atoms with Crippen LogP contribution in [-0.4, -0.2) is 16.3 Å². The van der Waals surface area contributed by atoms with Crippen molar-refractivity contribution in [1.29, 1.82) is 0 Å². The van der Waals surface area contributed by atoms with Crippen LogP contribution in [0, 0.1) is 5.82 Å². The second-order valence-corrected chi connectivity index (χ2v) is 3.89. The molecule has 1 aliphatic rings. The zero-order chi connectivity index (χ0) is 11.3. The molecule has 0 N–H and O–H groups in total. The summed E-state index contributed by atoms with van der Waals surface area (Å²) in [6.07, 6.45) is 0.477. The van der Waals surface area contributed by atoms with Crippen molar-refractivity contribution < 1.29 is 14.0 Å². The van der Waals surface area contributed by atoms with E-state index in [0.717, 1.165) is 0 Å². The lowest BCUT2D eigenvalue weighted by atomic mass is 10.1. The lowest BCUT2D eigenvalue weighted by Crippen LogP contribution is -2.23. The normalized spacial score (nSPS) is 15.6. The van der Waals surface area contributed by atoms with Gasteiger partial charge in [0.1, 0.15) is 5.82 Å². The maximum Gasteiger partial charge on any atom is 0.232 e. The number of Topliss-reactive ketones (excluding diaryl/α,β-unsaturated/α-hetero) is 1. The van der Waals surface area contributed by atoms with Gasteiger partial charge in [-0.2, -0.15) is 0 Å². The molecule has 1 aromatic carbocycles. The Kier molecular flexibility index (Phi) is 1.74. The molecule has 1 aromatic heterocycles. The highest BCUT2D eigenvalue weighted by Crippen LogP contribution is 2.25. The molecule has 1 aliphatic heterocycles. The van der Waals surface area contributed by atoms with Gasteiger partial charge in [0.25, 0.3) is 0 Å². The average molecular weight is 217 g/mol. The molecule has 0 radical (unpaired) electrons. The third-order valence-electron chi connectivity index (χ3n) is 2.86. The summed E-state index contributed by atoms with van der Waals surface area (Å²) in [6.45, 7) is 0. The highest BCUT2D eigenvalue weighted by molar-refractivity contribution is 6.09. The third kappa shape index (κ3) is 1.13. The van der Waals surface area contributed by atoms with Gasteiger partial charge >= 0.3 is 0 Å². The molecule has 0 spiro atoms. The largest absolute Gasteiger partial charge is 0.293 e. The Morgan fingerprint density at radius 1 is 1.12 bits per heavy atom. The number of carbonyl (C=O) groups is 2. The second kappa shape index (κ2) is 3.01. The maximum atomic E-state index is 13.0. The first-order chi connectivity index (χ1) is 7.66. The molecule has 3 nitrogen and oxygen atoms in total. The average Bonchev–Trinajstić information content (AvgIpc) is 2.63. The van der Waals surface area contributed by atoms with Gasteiger partial charge in [-0.15, -0.1) is 0 Å². The van der Waals surface area contributed by atoms with Crippen molar-refractivity contribution >= 4 is 22.6 Å². The van der Waals surface area contributed by atoms with Gasteiger partial charge in [0.15, 0.2) is 5.78 Å². The minimum Gasteiger partial charge on any atom is -0.293 e. The van der Waals surface area contributed by atoms with Crippen LogP contribution in [0.25, 0.3) is 10.9 Å². The summed E-state index contributed by atoms with van der Waals surface area (Å²) in [5.74, 6) is -0.525. The van der Waals surface area contributed by atoms with E-state index in [1.807, 2.05) is 0 Å². The molecule has 0 saturated carbocycles. The monoisotopic (exact) mass is 217 g/mol. The Hall–Kier alpha value is -1.97. The molecule has 0 fully saturated rings. The molecule has 0 atom stereocenters. The Morgan fingerprint density at radius 2 is 1.94 bits per heavy atom. The molecule has 16 heavy (non-hydrogen) atoms. The number of fused-ring (bicyclic) bond motifs is 3. The fourth-order valence-corrected chi connectivity index (χ4v) is 2.12. The van der Waals surface area contributed by atoms with Gasteiger partial charge in [-0.1, -0.05) is 0 Å². The molecule has 3 rings (SSSR count). The number of halogens is 1.